The number of nitrogens with zero attached hydrogens (tertiary/aromatic N) is 5. The topological polar surface area (TPSA) is 101 Å². The van der Waals surface area contributed by atoms with Crippen molar-refractivity contribution >= 4 is 23.5 Å². The van der Waals surface area contributed by atoms with Crippen LogP contribution in [0.4, 0.5) is 27.9 Å². The van der Waals surface area contributed by atoms with Crippen molar-refractivity contribution in [3.63, 3.8) is 0 Å². The molecule has 10 heteroatoms. The maximum atomic E-state index is 13.5. The van der Waals surface area contributed by atoms with Crippen molar-refractivity contribution in [1.29, 1.82) is 0 Å². The van der Waals surface area contributed by atoms with Crippen molar-refractivity contribution in [2.75, 3.05) is 42.3 Å². The predicted octanol–water partition coefficient (Wildman–Crippen LogP) is 5.23. The summed E-state index contributed by atoms with van der Waals surface area (Å²) in [6.07, 6.45) is 3.10. The van der Waals surface area contributed by atoms with Crippen molar-refractivity contribution in [3.8, 4) is 28.5 Å². The summed E-state index contributed by atoms with van der Waals surface area (Å²) < 4.78 is 25.0. The number of nitrogens with one attached hydrogen (secondary N) is 2. The Morgan fingerprint density at radius 3 is 2.78 bits per heavy atom. The third-order valence-electron chi connectivity index (χ3n) is 5.86. The van der Waals surface area contributed by atoms with Crippen LogP contribution in [0.2, 0.25) is 0 Å². The molecule has 0 spiro atoms. The Kier molecular flexibility index (Phi) is 6.66. The van der Waals surface area contributed by atoms with Gasteiger partial charge in [0.2, 0.25) is 5.95 Å². The van der Waals surface area contributed by atoms with E-state index in [-0.39, 0.29) is 0 Å². The Hall–Kier alpha value is -4.21. The molecule has 186 valence electrons. The third kappa shape index (κ3) is 5.07. The van der Waals surface area contributed by atoms with Gasteiger partial charge in [0.1, 0.15) is 29.1 Å². The van der Waals surface area contributed by atoms with Crippen LogP contribution in [0.1, 0.15) is 18.9 Å². The molecule has 36 heavy (non-hydrogen) atoms. The van der Waals surface area contributed by atoms with Crippen molar-refractivity contribution in [2.45, 2.75) is 26.4 Å². The summed E-state index contributed by atoms with van der Waals surface area (Å²) in [5, 5.41) is 6.32. The van der Waals surface area contributed by atoms with E-state index in [0.29, 0.717) is 55.2 Å². The zero-order chi connectivity index (χ0) is 25.1. The van der Waals surface area contributed by atoms with E-state index in [1.807, 2.05) is 49.1 Å². The highest BCUT2D eigenvalue weighted by Gasteiger charge is 2.23. The second kappa shape index (κ2) is 10.2. The highest BCUT2D eigenvalue weighted by atomic mass is 19.1. The maximum Gasteiger partial charge on any atom is 0.295 e. The van der Waals surface area contributed by atoms with Crippen LogP contribution in [0.3, 0.4) is 0 Å². The number of alkyl halides is 1. The Bertz CT molecular complexity index is 1340. The lowest BCUT2D eigenvalue weighted by Crippen LogP contribution is -2.20. The maximum absolute atomic E-state index is 13.5. The normalized spacial score (nSPS) is 15.2. The zero-order valence-electron chi connectivity index (χ0n) is 20.5. The molecule has 2 N–H and O–H groups in total. The molecule has 4 heterocycles. The number of oxazole rings is 1. The fraction of sp³-hybridized carbons (Fsp3) is 0.308. The van der Waals surface area contributed by atoms with Crippen molar-refractivity contribution in [3.05, 3.63) is 54.4 Å². The molecule has 0 saturated carbocycles. The molecule has 1 aliphatic rings. The van der Waals surface area contributed by atoms with Crippen molar-refractivity contribution in [2.24, 2.45) is 0 Å². The number of aromatic nitrogens is 4. The third-order valence-corrected chi connectivity index (χ3v) is 5.86. The average molecular weight is 490 g/mol. The molecule has 1 saturated heterocycles. The Morgan fingerprint density at radius 2 is 2.06 bits per heavy atom. The van der Waals surface area contributed by atoms with Gasteiger partial charge in [-0.15, -0.1) is 0 Å². The Morgan fingerprint density at radius 1 is 1.17 bits per heavy atom. The fourth-order valence-electron chi connectivity index (χ4n) is 4.17. The van der Waals surface area contributed by atoms with Crippen LogP contribution in [-0.4, -0.2) is 52.9 Å². The number of rotatable bonds is 8. The number of hydrogen-bond acceptors (Lipinski definition) is 9. The molecule has 5 rings (SSSR count). The van der Waals surface area contributed by atoms with Gasteiger partial charge in [-0.25, -0.2) is 19.3 Å². The summed E-state index contributed by atoms with van der Waals surface area (Å²) in [5.74, 6) is 2.40. The SMILES string of the molecule is CCNc1nc(-c2cc(C)cc(OC)c2)c(-c2ccnc(Nc3ccc(N4CCC(F)C4)nc3)n2)o1. The first kappa shape index (κ1) is 23.5. The fourth-order valence-corrected chi connectivity index (χ4v) is 4.17. The number of aryl methyl sites for hydroxylation is 1. The van der Waals surface area contributed by atoms with Gasteiger partial charge >= 0.3 is 0 Å². The van der Waals surface area contributed by atoms with Gasteiger partial charge in [0.15, 0.2) is 5.76 Å². The molecule has 0 aliphatic carbocycles. The summed E-state index contributed by atoms with van der Waals surface area (Å²) >= 11 is 0. The molecular formula is C26H28FN7O2. The van der Waals surface area contributed by atoms with Crippen LogP contribution in [0.15, 0.2) is 53.2 Å². The van der Waals surface area contributed by atoms with E-state index in [4.69, 9.17) is 9.15 Å². The molecule has 9 nitrogen and oxygen atoms in total. The Balaban J connectivity index is 1.43. The lowest BCUT2D eigenvalue weighted by molar-refractivity contribution is 0.364. The molecule has 1 unspecified atom stereocenters. The van der Waals surface area contributed by atoms with Gasteiger partial charge in [0.05, 0.1) is 25.5 Å². The van der Waals surface area contributed by atoms with Gasteiger partial charge < -0.3 is 24.7 Å². The van der Waals surface area contributed by atoms with Crippen LogP contribution < -0.4 is 20.3 Å². The van der Waals surface area contributed by atoms with Gasteiger partial charge in [-0.1, -0.05) is 0 Å². The molecule has 1 aliphatic heterocycles. The molecule has 0 radical (unpaired) electrons. The lowest BCUT2D eigenvalue weighted by Gasteiger charge is -2.16. The molecule has 1 fully saturated rings. The minimum absolute atomic E-state index is 0.381. The van der Waals surface area contributed by atoms with Crippen LogP contribution in [0.5, 0.6) is 5.75 Å². The second-order valence-electron chi connectivity index (χ2n) is 8.59. The number of ether oxygens (including phenoxy) is 1. The quantitative estimate of drug-likeness (QED) is 0.344. The van der Waals surface area contributed by atoms with Gasteiger partial charge in [0.25, 0.3) is 6.01 Å². The summed E-state index contributed by atoms with van der Waals surface area (Å²) in [5.41, 5.74) is 3.86. The monoisotopic (exact) mass is 489 g/mol. The number of pyridine rings is 1. The minimum Gasteiger partial charge on any atom is -0.497 e. The van der Waals surface area contributed by atoms with E-state index in [0.717, 1.165) is 28.4 Å². The van der Waals surface area contributed by atoms with E-state index in [9.17, 15) is 4.39 Å². The van der Waals surface area contributed by atoms with Crippen LogP contribution in [0.25, 0.3) is 22.7 Å². The van der Waals surface area contributed by atoms with Crippen LogP contribution in [0, 0.1) is 6.92 Å². The smallest absolute Gasteiger partial charge is 0.295 e. The minimum atomic E-state index is -0.796. The first-order valence-corrected chi connectivity index (χ1v) is 11.9. The molecule has 4 aromatic rings. The summed E-state index contributed by atoms with van der Waals surface area (Å²) in [7, 11) is 1.64. The van der Waals surface area contributed by atoms with Gasteiger partial charge in [-0.3, -0.25) is 0 Å². The van der Waals surface area contributed by atoms with Crippen LogP contribution >= 0.6 is 0 Å². The van der Waals surface area contributed by atoms with Gasteiger partial charge in [0, 0.05) is 24.8 Å². The molecular weight excluding hydrogens is 461 g/mol. The summed E-state index contributed by atoms with van der Waals surface area (Å²) in [4.78, 5) is 20.1. The highest BCUT2D eigenvalue weighted by Crippen LogP contribution is 2.36. The van der Waals surface area contributed by atoms with Crippen molar-refractivity contribution in [1.82, 2.24) is 19.9 Å². The number of hydrogen-bond donors (Lipinski definition) is 2. The first-order chi connectivity index (χ1) is 17.5. The van der Waals surface area contributed by atoms with Gasteiger partial charge in [-0.05, 0) is 62.2 Å². The number of benzene rings is 1. The van der Waals surface area contributed by atoms with Crippen LogP contribution in [-0.2, 0) is 0 Å². The van der Waals surface area contributed by atoms with E-state index in [1.165, 1.54) is 0 Å². The second-order valence-corrected chi connectivity index (χ2v) is 8.59. The first-order valence-electron chi connectivity index (χ1n) is 11.9. The van der Waals surface area contributed by atoms with E-state index in [1.54, 1.807) is 25.6 Å². The largest absolute Gasteiger partial charge is 0.497 e. The number of halogens is 1. The predicted molar refractivity (Wildman–Crippen MR) is 138 cm³/mol. The Labute approximate surface area is 208 Å². The lowest BCUT2D eigenvalue weighted by atomic mass is 10.1. The molecule has 1 aromatic carbocycles. The summed E-state index contributed by atoms with van der Waals surface area (Å²) in [6, 6.07) is 11.8. The number of methoxy groups -OCH3 is 1. The van der Waals surface area contributed by atoms with E-state index < -0.39 is 6.17 Å². The van der Waals surface area contributed by atoms with Gasteiger partial charge in [-0.2, -0.15) is 4.98 Å². The molecule has 0 bridgehead atoms. The highest BCUT2D eigenvalue weighted by molar-refractivity contribution is 5.78. The number of anilines is 4. The molecule has 3 aromatic heterocycles. The standard InChI is InChI=1S/C26H28FN7O2/c1-4-28-26-33-23(17-11-16(2)12-20(13-17)35-3)24(36-26)21-7-9-29-25(32-21)31-19-5-6-22(30-14-19)34-10-8-18(27)15-34/h5-7,9,11-14,18H,4,8,10,15H2,1-3H3,(H,28,33)(H,29,31,32). The van der Waals surface area contributed by atoms with Crippen molar-refractivity contribution < 1.29 is 13.5 Å². The van der Waals surface area contributed by atoms with E-state index in [2.05, 4.69) is 30.6 Å². The molecule has 0 amide bonds. The average Bonchev–Trinajstić information content (AvgIpc) is 3.51. The summed E-state index contributed by atoms with van der Waals surface area (Å²) in [6.45, 7) is 5.70. The zero-order valence-corrected chi connectivity index (χ0v) is 20.5. The van der Waals surface area contributed by atoms with E-state index >= 15 is 0 Å². The molecule has 1 atom stereocenters.